The van der Waals surface area contributed by atoms with Crippen molar-refractivity contribution in [2.24, 2.45) is 0 Å². The fraction of sp³-hybridized carbons (Fsp3) is 0.294. The number of benzene rings is 1. The molecule has 0 aliphatic carbocycles. The minimum atomic E-state index is -0.486. The van der Waals surface area contributed by atoms with Crippen LogP contribution in [0.4, 0.5) is 5.69 Å². The van der Waals surface area contributed by atoms with Gasteiger partial charge in [0.2, 0.25) is 5.76 Å². The van der Waals surface area contributed by atoms with E-state index in [1.807, 2.05) is 6.07 Å². The van der Waals surface area contributed by atoms with E-state index < -0.39 is 5.97 Å². The molecule has 5 nitrogen and oxygen atoms in total. The van der Waals surface area contributed by atoms with Crippen LogP contribution in [0.1, 0.15) is 34.4 Å². The molecule has 1 aromatic heterocycles. The molecule has 128 valence electrons. The Morgan fingerprint density at radius 1 is 1.33 bits per heavy atom. The van der Waals surface area contributed by atoms with Gasteiger partial charge in [0, 0.05) is 0 Å². The van der Waals surface area contributed by atoms with Gasteiger partial charge in [0.15, 0.2) is 4.32 Å². The summed E-state index contributed by atoms with van der Waals surface area (Å²) in [4.78, 5) is 11.3. The third kappa shape index (κ3) is 4.75. The van der Waals surface area contributed by atoms with E-state index in [4.69, 9.17) is 16.6 Å². The summed E-state index contributed by atoms with van der Waals surface area (Å²) >= 11 is 6.73. The molecular weight excluding hydrogens is 344 g/mol. The fourth-order valence-corrected chi connectivity index (χ4v) is 2.93. The molecule has 7 heteroatoms. The number of ether oxygens (including phenoxy) is 1. The van der Waals surface area contributed by atoms with Crippen LogP contribution in [0.3, 0.4) is 0 Å². The van der Waals surface area contributed by atoms with E-state index in [-0.39, 0.29) is 5.76 Å². The van der Waals surface area contributed by atoms with E-state index in [0.29, 0.717) is 15.8 Å². The van der Waals surface area contributed by atoms with Crippen molar-refractivity contribution in [3.63, 3.8) is 0 Å². The third-order valence-electron chi connectivity index (χ3n) is 3.42. The summed E-state index contributed by atoms with van der Waals surface area (Å²) in [5, 5.41) is 0. The summed E-state index contributed by atoms with van der Waals surface area (Å²) < 4.78 is 10.6. The van der Waals surface area contributed by atoms with Gasteiger partial charge in [-0.3, -0.25) is 10.9 Å². The number of anilines is 1. The molecule has 0 saturated heterocycles. The Morgan fingerprint density at radius 3 is 2.83 bits per heavy atom. The van der Waals surface area contributed by atoms with Gasteiger partial charge in [0.25, 0.3) is 0 Å². The number of hydrazine groups is 1. The molecule has 0 fully saturated rings. The number of hydrogen-bond acceptors (Lipinski definition) is 6. The molecule has 0 unspecified atom stereocenters. The first kappa shape index (κ1) is 18.4. The molecule has 0 spiro atoms. The van der Waals surface area contributed by atoms with Gasteiger partial charge in [-0.2, -0.15) is 0 Å². The van der Waals surface area contributed by atoms with E-state index in [1.54, 1.807) is 12.1 Å². The minimum Gasteiger partial charge on any atom is -0.463 e. The number of aryl methyl sites for hydroxylation is 2. The van der Waals surface area contributed by atoms with Crippen molar-refractivity contribution in [2.75, 3.05) is 12.5 Å². The van der Waals surface area contributed by atoms with Crippen molar-refractivity contribution in [1.29, 1.82) is 0 Å². The Labute approximate surface area is 151 Å². The molecular formula is C17H20N2O3S2. The molecule has 0 amide bonds. The number of rotatable bonds is 6. The molecule has 0 bridgehead atoms. The zero-order valence-corrected chi connectivity index (χ0v) is 15.5. The topological polar surface area (TPSA) is 63.5 Å². The molecule has 0 atom stereocenters. The molecule has 2 aromatic rings. The summed E-state index contributed by atoms with van der Waals surface area (Å²) in [6.07, 6.45) is 0.939. The van der Waals surface area contributed by atoms with E-state index in [0.717, 1.165) is 17.7 Å². The van der Waals surface area contributed by atoms with Gasteiger partial charge in [0.1, 0.15) is 5.76 Å². The average Bonchev–Trinajstić information content (AvgIpc) is 3.07. The molecule has 0 saturated carbocycles. The fourth-order valence-electron chi connectivity index (χ4n) is 2.15. The Hall–Kier alpha value is -1.99. The smallest absolute Gasteiger partial charge is 0.373 e. The van der Waals surface area contributed by atoms with Gasteiger partial charge in [-0.05, 0) is 36.6 Å². The van der Waals surface area contributed by atoms with Crippen LogP contribution in [-0.4, -0.2) is 17.4 Å². The predicted molar refractivity (Wildman–Crippen MR) is 101 cm³/mol. The molecule has 2 N–H and O–H groups in total. The quantitative estimate of drug-likeness (QED) is 0.455. The maximum atomic E-state index is 11.3. The second-order valence-electron chi connectivity index (χ2n) is 5.05. The number of carbonyl (C=O) groups excluding carboxylic acids is 1. The highest BCUT2D eigenvalue weighted by atomic mass is 32.2. The Kier molecular flexibility index (Phi) is 6.69. The molecule has 1 heterocycles. The van der Waals surface area contributed by atoms with Crippen molar-refractivity contribution in [1.82, 2.24) is 5.43 Å². The highest BCUT2D eigenvalue weighted by Crippen LogP contribution is 2.21. The standard InChI is InChI=1S/C17H20N2O3S2/c1-4-12-7-5-6-11(2)15(12)18-19-17(23)24-10-13-8-9-14(22-13)16(20)21-3/h5-9,18H,4,10H2,1-3H3,(H,19,23). The van der Waals surface area contributed by atoms with Crippen LogP contribution in [0.5, 0.6) is 0 Å². The van der Waals surface area contributed by atoms with Crippen LogP contribution in [0, 0.1) is 6.92 Å². The first-order chi connectivity index (χ1) is 11.5. The first-order valence-corrected chi connectivity index (χ1v) is 8.88. The molecule has 2 rings (SSSR count). The van der Waals surface area contributed by atoms with Gasteiger partial charge >= 0.3 is 5.97 Å². The third-order valence-corrected chi connectivity index (χ3v) is 4.67. The summed E-state index contributed by atoms with van der Waals surface area (Å²) in [5.74, 6) is 0.895. The van der Waals surface area contributed by atoms with Crippen LogP contribution in [-0.2, 0) is 16.9 Å². The number of hydrogen-bond donors (Lipinski definition) is 2. The minimum absolute atomic E-state index is 0.192. The van der Waals surface area contributed by atoms with Crippen molar-refractivity contribution in [2.45, 2.75) is 26.0 Å². The Bertz CT molecular complexity index is 728. The molecule has 0 radical (unpaired) electrons. The van der Waals surface area contributed by atoms with E-state index in [1.165, 1.54) is 24.4 Å². The van der Waals surface area contributed by atoms with Crippen LogP contribution in [0.2, 0.25) is 0 Å². The van der Waals surface area contributed by atoms with Gasteiger partial charge in [0.05, 0.1) is 18.6 Å². The molecule has 0 aliphatic heterocycles. The van der Waals surface area contributed by atoms with Crippen molar-refractivity contribution < 1.29 is 13.9 Å². The summed E-state index contributed by atoms with van der Waals surface area (Å²) in [7, 11) is 1.32. The van der Waals surface area contributed by atoms with Crippen molar-refractivity contribution in [3.05, 3.63) is 53.0 Å². The number of esters is 1. The maximum Gasteiger partial charge on any atom is 0.373 e. The highest BCUT2D eigenvalue weighted by Gasteiger charge is 2.11. The number of carbonyl (C=O) groups is 1. The number of thioether (sulfide) groups is 1. The van der Waals surface area contributed by atoms with E-state index in [9.17, 15) is 4.79 Å². The number of para-hydroxylation sites is 1. The zero-order valence-electron chi connectivity index (χ0n) is 13.8. The van der Waals surface area contributed by atoms with Crippen LogP contribution >= 0.6 is 24.0 Å². The highest BCUT2D eigenvalue weighted by molar-refractivity contribution is 8.22. The lowest BCUT2D eigenvalue weighted by atomic mass is 10.1. The van der Waals surface area contributed by atoms with E-state index >= 15 is 0 Å². The second-order valence-corrected chi connectivity index (χ2v) is 6.70. The summed E-state index contributed by atoms with van der Waals surface area (Å²) in [5.41, 5.74) is 9.65. The predicted octanol–water partition coefficient (Wildman–Crippen LogP) is 4.07. The number of nitrogens with one attached hydrogen (secondary N) is 2. The SMILES string of the molecule is CCc1cccc(C)c1NNC(=S)SCc1ccc(C(=O)OC)o1. The molecule has 0 aliphatic rings. The normalized spacial score (nSPS) is 10.3. The summed E-state index contributed by atoms with van der Waals surface area (Å²) in [6.45, 7) is 4.17. The second kappa shape index (κ2) is 8.75. The lowest BCUT2D eigenvalue weighted by molar-refractivity contribution is 0.0563. The van der Waals surface area contributed by atoms with Gasteiger partial charge in [-0.15, -0.1) is 0 Å². The van der Waals surface area contributed by atoms with Crippen LogP contribution < -0.4 is 10.9 Å². The van der Waals surface area contributed by atoms with Crippen LogP contribution in [0.25, 0.3) is 0 Å². The number of furan rings is 1. The summed E-state index contributed by atoms with van der Waals surface area (Å²) in [6, 6.07) is 9.52. The van der Waals surface area contributed by atoms with Gasteiger partial charge < -0.3 is 9.15 Å². The number of methoxy groups -OCH3 is 1. The Balaban J connectivity index is 1.86. The Morgan fingerprint density at radius 2 is 2.12 bits per heavy atom. The molecule has 24 heavy (non-hydrogen) atoms. The maximum absolute atomic E-state index is 11.3. The van der Waals surface area contributed by atoms with Crippen molar-refractivity contribution in [3.8, 4) is 0 Å². The monoisotopic (exact) mass is 364 g/mol. The lowest BCUT2D eigenvalue weighted by Gasteiger charge is -2.15. The largest absolute Gasteiger partial charge is 0.463 e. The van der Waals surface area contributed by atoms with Crippen LogP contribution in [0.15, 0.2) is 34.7 Å². The van der Waals surface area contributed by atoms with Gasteiger partial charge in [-0.1, -0.05) is 49.1 Å². The average molecular weight is 364 g/mol. The molecule has 1 aromatic carbocycles. The zero-order chi connectivity index (χ0) is 17.5. The first-order valence-electron chi connectivity index (χ1n) is 7.49. The van der Waals surface area contributed by atoms with E-state index in [2.05, 4.69) is 41.6 Å². The van der Waals surface area contributed by atoms with Gasteiger partial charge in [-0.25, -0.2) is 4.79 Å². The lowest BCUT2D eigenvalue weighted by Crippen LogP contribution is -2.26. The number of thiocarbonyl (C=S) groups is 1. The van der Waals surface area contributed by atoms with Crippen molar-refractivity contribution >= 4 is 40.0 Å².